The van der Waals surface area contributed by atoms with Crippen LogP contribution in [0.1, 0.15) is 24.2 Å². The van der Waals surface area contributed by atoms with Gasteiger partial charge in [0.25, 0.3) is 0 Å². The molecule has 1 aromatic carbocycles. The van der Waals surface area contributed by atoms with E-state index in [1.807, 2.05) is 44.8 Å². The molecule has 0 atom stereocenters. The molecule has 2 rings (SSSR count). The summed E-state index contributed by atoms with van der Waals surface area (Å²) in [4.78, 5) is 17.4. The second kappa shape index (κ2) is 8.18. The van der Waals surface area contributed by atoms with Crippen molar-refractivity contribution in [3.63, 3.8) is 0 Å². The minimum Gasteiger partial charge on any atom is -0.369 e. The van der Waals surface area contributed by atoms with Crippen molar-refractivity contribution < 1.29 is 4.79 Å². The molecule has 1 aliphatic rings. The number of thioether (sulfide) groups is 1. The fourth-order valence-electron chi connectivity index (χ4n) is 2.78. The molecule has 0 radical (unpaired) electrons. The van der Waals surface area contributed by atoms with E-state index in [1.165, 1.54) is 5.69 Å². The predicted octanol–water partition coefficient (Wildman–Crippen LogP) is 2.35. The fourth-order valence-corrected chi connectivity index (χ4v) is 3.24. The Hall–Kier alpha value is -1.04. The Morgan fingerprint density at radius 2 is 1.87 bits per heavy atom. The van der Waals surface area contributed by atoms with Crippen LogP contribution in [0.2, 0.25) is 0 Å². The summed E-state index contributed by atoms with van der Waals surface area (Å²) < 4.78 is 0. The maximum atomic E-state index is 12.9. The molecule has 1 fully saturated rings. The third-order valence-corrected chi connectivity index (χ3v) is 5.34. The highest BCUT2D eigenvalue weighted by Crippen LogP contribution is 2.22. The van der Waals surface area contributed by atoms with Crippen LogP contribution < -0.4 is 10.2 Å². The van der Waals surface area contributed by atoms with Gasteiger partial charge in [-0.1, -0.05) is 0 Å². The molecule has 0 aliphatic carbocycles. The van der Waals surface area contributed by atoms with E-state index in [9.17, 15) is 4.79 Å². The van der Waals surface area contributed by atoms with Crippen molar-refractivity contribution in [1.82, 2.24) is 10.2 Å². The van der Waals surface area contributed by atoms with Crippen LogP contribution in [0.3, 0.4) is 0 Å². The standard InChI is InChI=1S/C18H29N3OS/c1-18(2,20(3)13-14-23-4)17(22)15-5-7-16(8-6-15)21-11-9-19-10-12-21/h5-8,19H,9-14H2,1-4H3. The Kier molecular flexibility index (Phi) is 6.50. The summed E-state index contributed by atoms with van der Waals surface area (Å²) in [6, 6.07) is 8.11. The fraction of sp³-hybridized carbons (Fsp3) is 0.611. The van der Waals surface area contributed by atoms with E-state index >= 15 is 0 Å². The van der Waals surface area contributed by atoms with Crippen molar-refractivity contribution in [2.24, 2.45) is 0 Å². The molecule has 4 nitrogen and oxygen atoms in total. The monoisotopic (exact) mass is 335 g/mol. The lowest BCUT2D eigenvalue weighted by atomic mass is 9.91. The highest BCUT2D eigenvalue weighted by Gasteiger charge is 2.32. The van der Waals surface area contributed by atoms with Gasteiger partial charge >= 0.3 is 0 Å². The van der Waals surface area contributed by atoms with Gasteiger partial charge < -0.3 is 10.2 Å². The van der Waals surface area contributed by atoms with Gasteiger partial charge in [-0.05, 0) is 51.4 Å². The number of nitrogens with one attached hydrogen (secondary N) is 1. The van der Waals surface area contributed by atoms with Gasteiger partial charge in [-0.2, -0.15) is 11.8 Å². The van der Waals surface area contributed by atoms with Crippen LogP contribution in [0, 0.1) is 0 Å². The summed E-state index contributed by atoms with van der Waals surface area (Å²) in [5, 5.41) is 3.36. The van der Waals surface area contributed by atoms with Crippen LogP contribution in [-0.2, 0) is 0 Å². The van der Waals surface area contributed by atoms with Gasteiger partial charge in [0, 0.05) is 49.7 Å². The maximum absolute atomic E-state index is 12.9. The molecular weight excluding hydrogens is 306 g/mol. The lowest BCUT2D eigenvalue weighted by molar-refractivity contribution is 0.0720. The zero-order valence-corrected chi connectivity index (χ0v) is 15.6. The van der Waals surface area contributed by atoms with Crippen molar-refractivity contribution >= 4 is 23.2 Å². The van der Waals surface area contributed by atoms with Crippen molar-refractivity contribution in [1.29, 1.82) is 0 Å². The third-order valence-electron chi connectivity index (χ3n) is 4.75. The average molecular weight is 336 g/mol. The van der Waals surface area contributed by atoms with Gasteiger partial charge in [0.1, 0.15) is 0 Å². The molecule has 0 amide bonds. The molecule has 0 spiro atoms. The van der Waals surface area contributed by atoms with E-state index in [-0.39, 0.29) is 5.78 Å². The minimum atomic E-state index is -0.480. The normalized spacial score (nSPS) is 16.0. The van der Waals surface area contributed by atoms with Crippen LogP contribution in [0.25, 0.3) is 0 Å². The lowest BCUT2D eigenvalue weighted by Crippen LogP contribution is -2.48. The summed E-state index contributed by atoms with van der Waals surface area (Å²) in [5.41, 5.74) is 1.52. The highest BCUT2D eigenvalue weighted by atomic mass is 32.2. The van der Waals surface area contributed by atoms with Crippen LogP contribution >= 0.6 is 11.8 Å². The number of Topliss-reactive ketones (excluding diaryl/α,β-unsaturated/α-hetero) is 1. The molecule has 1 N–H and O–H groups in total. The first-order valence-corrected chi connectivity index (χ1v) is 9.67. The molecule has 1 saturated heterocycles. The molecule has 0 bridgehead atoms. The van der Waals surface area contributed by atoms with Gasteiger partial charge in [0.05, 0.1) is 5.54 Å². The number of carbonyl (C=O) groups is 1. The Morgan fingerprint density at radius 3 is 2.43 bits per heavy atom. The topological polar surface area (TPSA) is 35.6 Å². The smallest absolute Gasteiger partial charge is 0.182 e. The molecule has 1 aliphatic heterocycles. The zero-order valence-electron chi connectivity index (χ0n) is 14.8. The van der Waals surface area contributed by atoms with Gasteiger partial charge in [0.2, 0.25) is 0 Å². The Labute approximate surface area is 144 Å². The first kappa shape index (κ1) is 18.3. The largest absolute Gasteiger partial charge is 0.369 e. The van der Waals surface area contributed by atoms with Gasteiger partial charge in [-0.25, -0.2) is 0 Å². The van der Waals surface area contributed by atoms with Gasteiger partial charge in [0.15, 0.2) is 5.78 Å². The van der Waals surface area contributed by atoms with E-state index in [2.05, 4.69) is 33.5 Å². The average Bonchev–Trinajstić information content (AvgIpc) is 2.59. The number of anilines is 1. The molecule has 128 valence electrons. The quantitative estimate of drug-likeness (QED) is 0.774. The molecule has 5 heteroatoms. The molecular formula is C18H29N3OS. The summed E-state index contributed by atoms with van der Waals surface area (Å²) in [5.74, 6) is 1.22. The van der Waals surface area contributed by atoms with E-state index in [4.69, 9.17) is 0 Å². The van der Waals surface area contributed by atoms with Gasteiger partial charge in [-0.15, -0.1) is 0 Å². The zero-order chi connectivity index (χ0) is 16.9. The second-order valence-electron chi connectivity index (χ2n) is 6.59. The first-order chi connectivity index (χ1) is 11.0. The number of rotatable bonds is 7. The number of hydrogen-bond acceptors (Lipinski definition) is 5. The summed E-state index contributed by atoms with van der Waals surface area (Å²) in [6.45, 7) is 9.03. The SMILES string of the molecule is CSCCN(C)C(C)(C)C(=O)c1ccc(N2CCNCC2)cc1. The van der Waals surface area contributed by atoms with Crippen LogP contribution in [0.4, 0.5) is 5.69 Å². The number of benzene rings is 1. The lowest BCUT2D eigenvalue weighted by Gasteiger charge is -2.34. The Bertz CT molecular complexity index is 510. The van der Waals surface area contributed by atoms with Gasteiger partial charge in [-0.3, -0.25) is 9.69 Å². The number of likely N-dealkylation sites (N-methyl/N-ethyl adjacent to an activating group) is 1. The second-order valence-corrected chi connectivity index (χ2v) is 7.57. The summed E-state index contributed by atoms with van der Waals surface area (Å²) in [6.07, 6.45) is 2.09. The van der Waals surface area contributed by atoms with Crippen LogP contribution in [-0.4, -0.2) is 68.0 Å². The van der Waals surface area contributed by atoms with Crippen molar-refractivity contribution in [2.75, 3.05) is 56.7 Å². The number of carbonyl (C=O) groups excluding carboxylic acids is 1. The molecule has 1 heterocycles. The molecule has 23 heavy (non-hydrogen) atoms. The summed E-state index contributed by atoms with van der Waals surface area (Å²) in [7, 11) is 2.03. The number of piperazine rings is 1. The highest BCUT2D eigenvalue weighted by molar-refractivity contribution is 7.98. The number of nitrogens with zero attached hydrogens (tertiary/aromatic N) is 2. The minimum absolute atomic E-state index is 0.188. The molecule has 0 saturated carbocycles. The van der Waals surface area contributed by atoms with Crippen molar-refractivity contribution in [3.05, 3.63) is 29.8 Å². The number of ketones is 1. The van der Waals surface area contributed by atoms with Crippen molar-refractivity contribution in [2.45, 2.75) is 19.4 Å². The van der Waals surface area contributed by atoms with Crippen LogP contribution in [0.5, 0.6) is 0 Å². The van der Waals surface area contributed by atoms with E-state index < -0.39 is 5.54 Å². The first-order valence-electron chi connectivity index (χ1n) is 8.27. The van der Waals surface area contributed by atoms with Crippen LogP contribution in [0.15, 0.2) is 24.3 Å². The van der Waals surface area contributed by atoms with E-state index in [0.717, 1.165) is 44.0 Å². The van der Waals surface area contributed by atoms with E-state index in [1.54, 1.807) is 0 Å². The molecule has 0 unspecified atom stereocenters. The Morgan fingerprint density at radius 1 is 1.26 bits per heavy atom. The molecule has 0 aromatic heterocycles. The number of hydrogen-bond donors (Lipinski definition) is 1. The third kappa shape index (κ3) is 4.49. The molecule has 1 aromatic rings. The van der Waals surface area contributed by atoms with E-state index in [0.29, 0.717) is 0 Å². The Balaban J connectivity index is 2.06. The predicted molar refractivity (Wildman–Crippen MR) is 101 cm³/mol. The maximum Gasteiger partial charge on any atom is 0.182 e. The summed E-state index contributed by atoms with van der Waals surface area (Å²) >= 11 is 1.81. The van der Waals surface area contributed by atoms with Crippen molar-refractivity contribution in [3.8, 4) is 0 Å².